The molecule has 80 valence electrons. The van der Waals surface area contributed by atoms with Gasteiger partial charge in [0, 0.05) is 13.2 Å². The van der Waals surface area contributed by atoms with Crippen molar-refractivity contribution in [2.75, 3.05) is 13.2 Å². The van der Waals surface area contributed by atoms with Crippen molar-refractivity contribution in [1.29, 1.82) is 0 Å². The van der Waals surface area contributed by atoms with Crippen LogP contribution >= 0.6 is 0 Å². The summed E-state index contributed by atoms with van der Waals surface area (Å²) in [7, 11) is -3.27. The zero-order valence-electron chi connectivity index (χ0n) is 8.19. The Morgan fingerprint density at radius 2 is 2.07 bits per heavy atom. The van der Waals surface area contributed by atoms with E-state index >= 15 is 0 Å². The van der Waals surface area contributed by atoms with Crippen LogP contribution in [0.1, 0.15) is 19.8 Å². The molecule has 0 aromatic heterocycles. The number of terminal acetylenes is 1. The van der Waals surface area contributed by atoms with E-state index in [2.05, 4.69) is 10.6 Å². The third-order valence-corrected chi connectivity index (χ3v) is 4.23. The number of hydrogen-bond acceptors (Lipinski definition) is 3. The summed E-state index contributed by atoms with van der Waals surface area (Å²) in [5, 5.41) is -0.355. The van der Waals surface area contributed by atoms with Crippen LogP contribution < -0.4 is 4.72 Å². The Bertz CT molecular complexity index is 311. The summed E-state index contributed by atoms with van der Waals surface area (Å²) in [6.07, 6.45) is 6.20. The van der Waals surface area contributed by atoms with Gasteiger partial charge in [0.25, 0.3) is 0 Å². The van der Waals surface area contributed by atoms with Crippen LogP contribution in [0.3, 0.4) is 0 Å². The van der Waals surface area contributed by atoms with E-state index in [-0.39, 0.29) is 5.25 Å². The largest absolute Gasteiger partial charge is 0.381 e. The van der Waals surface area contributed by atoms with Crippen molar-refractivity contribution in [3.05, 3.63) is 0 Å². The second-order valence-corrected chi connectivity index (χ2v) is 5.36. The lowest BCUT2D eigenvalue weighted by molar-refractivity contribution is 0.0981. The molecule has 0 amide bonds. The molecule has 0 bridgehead atoms. The molecule has 0 radical (unpaired) electrons. The number of hydrogen-bond donors (Lipinski definition) is 1. The molecule has 1 unspecified atom stereocenters. The quantitative estimate of drug-likeness (QED) is 0.682. The van der Waals surface area contributed by atoms with E-state index < -0.39 is 16.1 Å². The van der Waals surface area contributed by atoms with E-state index in [9.17, 15) is 8.42 Å². The molecule has 1 saturated heterocycles. The van der Waals surface area contributed by atoms with Gasteiger partial charge in [0.2, 0.25) is 10.0 Å². The number of nitrogens with one attached hydrogen (secondary N) is 1. The Morgan fingerprint density at radius 3 is 2.57 bits per heavy atom. The fraction of sp³-hybridized carbons (Fsp3) is 0.778. The first kappa shape index (κ1) is 11.5. The van der Waals surface area contributed by atoms with E-state index in [1.54, 1.807) is 6.92 Å². The van der Waals surface area contributed by atoms with Crippen LogP contribution in [0.4, 0.5) is 0 Å². The van der Waals surface area contributed by atoms with Crippen LogP contribution in [-0.4, -0.2) is 32.9 Å². The average molecular weight is 217 g/mol. The minimum Gasteiger partial charge on any atom is -0.381 e. The molecule has 1 rings (SSSR count). The molecule has 1 atom stereocenters. The molecule has 0 saturated carbocycles. The lowest BCUT2D eigenvalue weighted by Crippen LogP contribution is -2.41. The minimum atomic E-state index is -3.27. The van der Waals surface area contributed by atoms with Crippen molar-refractivity contribution in [3.63, 3.8) is 0 Å². The van der Waals surface area contributed by atoms with Crippen molar-refractivity contribution >= 4 is 10.0 Å². The van der Waals surface area contributed by atoms with E-state index in [1.807, 2.05) is 0 Å². The van der Waals surface area contributed by atoms with Gasteiger partial charge in [-0.05, 0) is 19.8 Å². The predicted octanol–water partition coefficient (Wildman–Crippen LogP) is 0.107. The molecular weight excluding hydrogens is 202 g/mol. The number of ether oxygens (including phenoxy) is 1. The van der Waals surface area contributed by atoms with E-state index in [1.165, 1.54) is 0 Å². The summed E-state index contributed by atoms with van der Waals surface area (Å²) in [6, 6.07) is -0.442. The van der Waals surface area contributed by atoms with E-state index in [4.69, 9.17) is 11.2 Å². The molecule has 0 aromatic carbocycles. The van der Waals surface area contributed by atoms with Crippen LogP contribution in [-0.2, 0) is 14.8 Å². The highest BCUT2D eigenvalue weighted by Gasteiger charge is 2.28. The third kappa shape index (κ3) is 2.98. The predicted molar refractivity (Wildman–Crippen MR) is 54.2 cm³/mol. The molecule has 1 heterocycles. The maximum Gasteiger partial charge on any atom is 0.215 e. The Labute approximate surface area is 85.1 Å². The molecule has 4 nitrogen and oxygen atoms in total. The van der Waals surface area contributed by atoms with Crippen LogP contribution in [0.25, 0.3) is 0 Å². The molecule has 0 aromatic rings. The van der Waals surface area contributed by atoms with Crippen molar-refractivity contribution in [2.24, 2.45) is 0 Å². The first-order chi connectivity index (χ1) is 6.56. The summed E-state index contributed by atoms with van der Waals surface area (Å²) < 4.78 is 30.9. The maximum absolute atomic E-state index is 11.7. The van der Waals surface area contributed by atoms with Gasteiger partial charge in [-0.25, -0.2) is 13.1 Å². The molecule has 1 N–H and O–H groups in total. The first-order valence-corrected chi connectivity index (χ1v) is 6.16. The third-order valence-electron chi connectivity index (χ3n) is 2.20. The summed E-state index contributed by atoms with van der Waals surface area (Å²) in [4.78, 5) is 0. The lowest BCUT2D eigenvalue weighted by Gasteiger charge is -2.23. The minimum absolute atomic E-state index is 0.355. The normalized spacial score (nSPS) is 21.4. The highest BCUT2D eigenvalue weighted by molar-refractivity contribution is 7.90. The molecule has 1 fully saturated rings. The fourth-order valence-electron chi connectivity index (χ4n) is 1.36. The average Bonchev–Trinajstić information content (AvgIpc) is 2.18. The molecule has 0 aliphatic carbocycles. The molecule has 0 spiro atoms. The molecule has 5 heteroatoms. The molecule has 1 aliphatic rings. The van der Waals surface area contributed by atoms with Crippen molar-refractivity contribution < 1.29 is 13.2 Å². The van der Waals surface area contributed by atoms with Crippen molar-refractivity contribution in [2.45, 2.75) is 31.1 Å². The summed E-state index contributed by atoms with van der Waals surface area (Å²) in [6.45, 7) is 2.67. The second kappa shape index (κ2) is 4.78. The van der Waals surface area contributed by atoms with Gasteiger partial charge in [-0.3, -0.25) is 0 Å². The molecule has 1 aliphatic heterocycles. The fourth-order valence-corrected chi connectivity index (χ4v) is 2.93. The van der Waals surface area contributed by atoms with Gasteiger partial charge in [0.05, 0.1) is 11.3 Å². The van der Waals surface area contributed by atoms with Crippen molar-refractivity contribution in [1.82, 2.24) is 4.72 Å². The van der Waals surface area contributed by atoms with Gasteiger partial charge in [0.15, 0.2) is 0 Å². The van der Waals surface area contributed by atoms with Gasteiger partial charge < -0.3 is 4.74 Å². The highest BCUT2D eigenvalue weighted by atomic mass is 32.2. The van der Waals surface area contributed by atoms with Gasteiger partial charge in [-0.1, -0.05) is 5.92 Å². The SMILES string of the molecule is C#CC(C)NS(=O)(=O)C1CCOCC1. The van der Waals surface area contributed by atoms with Crippen LogP contribution in [0.15, 0.2) is 0 Å². The van der Waals surface area contributed by atoms with Gasteiger partial charge in [-0.2, -0.15) is 0 Å². The van der Waals surface area contributed by atoms with Crippen molar-refractivity contribution in [3.8, 4) is 12.3 Å². The lowest BCUT2D eigenvalue weighted by atomic mass is 10.2. The summed E-state index contributed by atoms with van der Waals surface area (Å²) >= 11 is 0. The smallest absolute Gasteiger partial charge is 0.215 e. The molecule has 14 heavy (non-hydrogen) atoms. The Morgan fingerprint density at radius 1 is 1.50 bits per heavy atom. The zero-order chi connectivity index (χ0) is 10.6. The summed E-state index contributed by atoms with van der Waals surface area (Å²) in [5.74, 6) is 2.34. The van der Waals surface area contributed by atoms with Gasteiger partial charge in [-0.15, -0.1) is 6.42 Å². The monoisotopic (exact) mass is 217 g/mol. The van der Waals surface area contributed by atoms with Crippen LogP contribution in [0.5, 0.6) is 0 Å². The van der Waals surface area contributed by atoms with Gasteiger partial charge in [0.1, 0.15) is 0 Å². The standard InChI is InChI=1S/C9H15NO3S/c1-3-8(2)10-14(11,12)9-4-6-13-7-5-9/h1,8-10H,4-7H2,2H3. The Balaban J connectivity index is 2.60. The Hall–Kier alpha value is -0.570. The Kier molecular flexibility index (Phi) is 3.93. The number of rotatable bonds is 3. The topological polar surface area (TPSA) is 55.4 Å². The number of sulfonamides is 1. The summed E-state index contributed by atoms with van der Waals surface area (Å²) in [5.41, 5.74) is 0. The zero-order valence-corrected chi connectivity index (χ0v) is 9.01. The van der Waals surface area contributed by atoms with Gasteiger partial charge >= 0.3 is 0 Å². The molecular formula is C9H15NO3S. The maximum atomic E-state index is 11.7. The van der Waals surface area contributed by atoms with E-state index in [0.29, 0.717) is 26.1 Å². The highest BCUT2D eigenvalue weighted by Crippen LogP contribution is 2.14. The second-order valence-electron chi connectivity index (χ2n) is 3.36. The first-order valence-electron chi connectivity index (χ1n) is 4.61. The van der Waals surface area contributed by atoms with Crippen LogP contribution in [0.2, 0.25) is 0 Å². The van der Waals surface area contributed by atoms with E-state index in [0.717, 1.165) is 0 Å². The van der Waals surface area contributed by atoms with Crippen LogP contribution in [0, 0.1) is 12.3 Å².